The van der Waals surface area contributed by atoms with Crippen LogP contribution in [0.5, 0.6) is 0 Å². The zero-order chi connectivity index (χ0) is 17.1. The van der Waals surface area contributed by atoms with Gasteiger partial charge in [-0.3, -0.25) is 9.48 Å². The number of nitrogens with one attached hydrogen (secondary N) is 1. The number of thiophene rings is 1. The highest BCUT2D eigenvalue weighted by molar-refractivity contribution is 7.13. The fourth-order valence-corrected chi connectivity index (χ4v) is 3.04. The normalized spacial score (nSPS) is 10.4. The summed E-state index contributed by atoms with van der Waals surface area (Å²) in [5.41, 5.74) is 2.06. The fraction of sp³-hybridized carbons (Fsp3) is 0.118. The number of methoxy groups -OCH3 is 1. The van der Waals surface area contributed by atoms with Crippen molar-refractivity contribution >= 4 is 28.9 Å². The number of esters is 1. The van der Waals surface area contributed by atoms with Crippen LogP contribution in [-0.4, -0.2) is 28.8 Å². The number of benzene rings is 1. The zero-order valence-corrected chi connectivity index (χ0v) is 14.0. The Hall–Kier alpha value is -2.93. The van der Waals surface area contributed by atoms with Crippen molar-refractivity contribution in [3.63, 3.8) is 0 Å². The second-order valence-corrected chi connectivity index (χ2v) is 5.99. The molecule has 1 aromatic carbocycles. The van der Waals surface area contributed by atoms with Gasteiger partial charge in [-0.1, -0.05) is 12.1 Å². The third-order valence-electron chi connectivity index (χ3n) is 3.43. The van der Waals surface area contributed by atoms with E-state index in [1.165, 1.54) is 7.11 Å². The molecule has 7 heteroatoms. The molecule has 0 aliphatic heterocycles. The predicted octanol–water partition coefficient (Wildman–Crippen LogP) is 3.19. The van der Waals surface area contributed by atoms with Crippen molar-refractivity contribution in [2.24, 2.45) is 7.05 Å². The number of rotatable bonds is 4. The predicted molar refractivity (Wildman–Crippen MR) is 92.3 cm³/mol. The van der Waals surface area contributed by atoms with Gasteiger partial charge in [0.05, 0.1) is 23.2 Å². The van der Waals surface area contributed by atoms with E-state index in [2.05, 4.69) is 15.2 Å². The molecule has 122 valence electrons. The highest BCUT2D eigenvalue weighted by Crippen LogP contribution is 2.25. The molecule has 3 rings (SSSR count). The van der Waals surface area contributed by atoms with Crippen LogP contribution in [0, 0.1) is 0 Å². The zero-order valence-electron chi connectivity index (χ0n) is 13.1. The average Bonchev–Trinajstić information content (AvgIpc) is 3.23. The Kier molecular flexibility index (Phi) is 4.43. The maximum absolute atomic E-state index is 12.4. The molecule has 0 unspecified atom stereocenters. The van der Waals surface area contributed by atoms with Gasteiger partial charge in [-0.2, -0.15) is 5.10 Å². The number of carbonyl (C=O) groups is 2. The number of aryl methyl sites for hydroxylation is 1. The largest absolute Gasteiger partial charge is 0.465 e. The van der Waals surface area contributed by atoms with Crippen LogP contribution in [0.2, 0.25) is 0 Å². The maximum Gasteiger partial charge on any atom is 0.337 e. The highest BCUT2D eigenvalue weighted by Gasteiger charge is 2.15. The van der Waals surface area contributed by atoms with Crippen LogP contribution in [0.4, 0.5) is 5.69 Å². The van der Waals surface area contributed by atoms with Crippen LogP contribution in [0.3, 0.4) is 0 Å². The molecule has 0 saturated heterocycles. The van der Waals surface area contributed by atoms with E-state index in [0.29, 0.717) is 16.9 Å². The summed E-state index contributed by atoms with van der Waals surface area (Å²) in [5.74, 6) is -0.792. The minimum absolute atomic E-state index is 0.310. The topological polar surface area (TPSA) is 73.2 Å². The van der Waals surface area contributed by atoms with Crippen LogP contribution in [0.1, 0.15) is 20.8 Å². The van der Waals surface area contributed by atoms with Crippen molar-refractivity contribution in [2.75, 3.05) is 12.4 Å². The fourth-order valence-electron chi connectivity index (χ4n) is 2.27. The molecule has 0 fully saturated rings. The standard InChI is InChI=1S/C17H15N3O3S/c1-20-14(15-7-4-8-24-15)10-13(19-20)16(21)18-12-6-3-5-11(9-12)17(22)23-2/h3-10H,1-2H3,(H,18,21). The maximum atomic E-state index is 12.4. The average molecular weight is 341 g/mol. The number of aromatic nitrogens is 2. The molecule has 6 nitrogen and oxygen atoms in total. The lowest BCUT2D eigenvalue weighted by atomic mass is 10.2. The number of anilines is 1. The van der Waals surface area contributed by atoms with Gasteiger partial charge < -0.3 is 10.1 Å². The Balaban J connectivity index is 1.81. The van der Waals surface area contributed by atoms with Crippen molar-refractivity contribution < 1.29 is 14.3 Å². The van der Waals surface area contributed by atoms with Crippen LogP contribution in [0.15, 0.2) is 47.8 Å². The molecule has 0 aliphatic rings. The van der Waals surface area contributed by atoms with E-state index in [1.807, 2.05) is 17.5 Å². The summed E-state index contributed by atoms with van der Waals surface area (Å²) in [7, 11) is 3.11. The molecular formula is C17H15N3O3S. The summed E-state index contributed by atoms with van der Waals surface area (Å²) in [6, 6.07) is 12.2. The minimum Gasteiger partial charge on any atom is -0.465 e. The Morgan fingerprint density at radius 3 is 2.75 bits per heavy atom. The summed E-state index contributed by atoms with van der Waals surface area (Å²) in [4.78, 5) is 25.0. The molecule has 2 heterocycles. The summed E-state index contributed by atoms with van der Waals surface area (Å²) < 4.78 is 6.35. The number of ether oxygens (including phenoxy) is 1. The van der Waals surface area contributed by atoms with E-state index in [-0.39, 0.29) is 5.91 Å². The molecule has 0 aliphatic carbocycles. The van der Waals surface area contributed by atoms with Gasteiger partial charge in [-0.25, -0.2) is 4.79 Å². The molecule has 0 atom stereocenters. The lowest BCUT2D eigenvalue weighted by Crippen LogP contribution is -2.13. The molecule has 1 amide bonds. The molecule has 0 spiro atoms. The quantitative estimate of drug-likeness (QED) is 0.740. The third-order valence-corrected chi connectivity index (χ3v) is 4.32. The number of amides is 1. The monoisotopic (exact) mass is 341 g/mol. The molecule has 24 heavy (non-hydrogen) atoms. The van der Waals surface area contributed by atoms with Crippen LogP contribution in [0.25, 0.3) is 10.6 Å². The molecule has 2 aromatic heterocycles. The van der Waals surface area contributed by atoms with E-state index >= 15 is 0 Å². The number of nitrogens with zero attached hydrogens (tertiary/aromatic N) is 2. The summed E-state index contributed by atoms with van der Waals surface area (Å²) in [6.45, 7) is 0. The van der Waals surface area contributed by atoms with E-state index < -0.39 is 5.97 Å². The first-order valence-corrected chi connectivity index (χ1v) is 8.04. The van der Waals surface area contributed by atoms with Gasteiger partial charge >= 0.3 is 5.97 Å². The van der Waals surface area contributed by atoms with Crippen molar-refractivity contribution in [1.29, 1.82) is 0 Å². The van der Waals surface area contributed by atoms with Gasteiger partial charge in [-0.15, -0.1) is 11.3 Å². The Morgan fingerprint density at radius 2 is 2.04 bits per heavy atom. The van der Waals surface area contributed by atoms with Crippen LogP contribution in [-0.2, 0) is 11.8 Å². The first kappa shape index (κ1) is 15.9. The first-order chi connectivity index (χ1) is 11.6. The smallest absolute Gasteiger partial charge is 0.337 e. The molecule has 3 aromatic rings. The van der Waals surface area contributed by atoms with E-state index in [4.69, 9.17) is 0 Å². The molecular weight excluding hydrogens is 326 g/mol. The van der Waals surface area contributed by atoms with Crippen molar-refractivity contribution in [3.8, 4) is 10.6 Å². The Morgan fingerprint density at radius 1 is 1.21 bits per heavy atom. The molecule has 0 bridgehead atoms. The van der Waals surface area contributed by atoms with Gasteiger partial charge in [0.2, 0.25) is 0 Å². The van der Waals surface area contributed by atoms with E-state index in [1.54, 1.807) is 53.4 Å². The lowest BCUT2D eigenvalue weighted by molar-refractivity contribution is 0.0600. The first-order valence-electron chi connectivity index (χ1n) is 7.16. The summed E-state index contributed by atoms with van der Waals surface area (Å²) >= 11 is 1.58. The summed E-state index contributed by atoms with van der Waals surface area (Å²) in [5, 5.41) is 8.97. The Bertz CT molecular complexity index is 884. The van der Waals surface area contributed by atoms with Gasteiger partial charge in [0, 0.05) is 12.7 Å². The van der Waals surface area contributed by atoms with Crippen molar-refractivity contribution in [3.05, 3.63) is 59.1 Å². The van der Waals surface area contributed by atoms with Crippen molar-refractivity contribution in [2.45, 2.75) is 0 Å². The summed E-state index contributed by atoms with van der Waals surface area (Å²) in [6.07, 6.45) is 0. The second kappa shape index (κ2) is 6.67. The van der Waals surface area contributed by atoms with Gasteiger partial charge in [0.25, 0.3) is 5.91 Å². The molecule has 1 N–H and O–H groups in total. The lowest BCUT2D eigenvalue weighted by Gasteiger charge is -2.05. The minimum atomic E-state index is -0.455. The Labute approximate surface area is 142 Å². The van der Waals surface area contributed by atoms with Gasteiger partial charge in [0.15, 0.2) is 5.69 Å². The second-order valence-electron chi connectivity index (χ2n) is 5.04. The van der Waals surface area contributed by atoms with Crippen molar-refractivity contribution in [1.82, 2.24) is 9.78 Å². The third kappa shape index (κ3) is 3.21. The highest BCUT2D eigenvalue weighted by atomic mass is 32.1. The number of hydrogen-bond donors (Lipinski definition) is 1. The van der Waals surface area contributed by atoms with Crippen LogP contribution < -0.4 is 5.32 Å². The number of hydrogen-bond acceptors (Lipinski definition) is 5. The van der Waals surface area contributed by atoms with Crippen LogP contribution >= 0.6 is 11.3 Å². The van der Waals surface area contributed by atoms with E-state index in [0.717, 1.165) is 10.6 Å². The SMILES string of the molecule is COC(=O)c1cccc(NC(=O)c2cc(-c3cccs3)n(C)n2)c1. The number of carbonyl (C=O) groups excluding carboxylic acids is 2. The van der Waals surface area contributed by atoms with Gasteiger partial charge in [-0.05, 0) is 35.7 Å². The molecule has 0 saturated carbocycles. The molecule has 0 radical (unpaired) electrons. The van der Waals surface area contributed by atoms with E-state index in [9.17, 15) is 9.59 Å². The van der Waals surface area contributed by atoms with Gasteiger partial charge in [0.1, 0.15) is 0 Å².